The third-order valence-electron chi connectivity index (χ3n) is 2.65. The summed E-state index contributed by atoms with van der Waals surface area (Å²) in [5.74, 6) is -0.0789. The Bertz CT molecular complexity index is 516. The summed E-state index contributed by atoms with van der Waals surface area (Å²) in [5.41, 5.74) is 1.61. The minimum absolute atomic E-state index is 0.0789. The number of nitrogens with zero attached hydrogens (tertiary/aromatic N) is 1. The summed E-state index contributed by atoms with van der Waals surface area (Å²) in [5, 5.41) is 4.05. The molecular weight excluding hydrogens is 246 g/mol. The number of hydrogen-bond acceptors (Lipinski definition) is 3. The lowest BCUT2D eigenvalue weighted by Crippen LogP contribution is -2.22. The molecule has 0 aliphatic carbocycles. The largest absolute Gasteiger partial charge is 0.357 e. The highest BCUT2D eigenvalue weighted by molar-refractivity contribution is 7.11. The second-order valence-electron chi connectivity index (χ2n) is 4.13. The SMILES string of the molecule is CCCc1nc(C)c(CNC(=O)c2ccc[nH]2)s1. The van der Waals surface area contributed by atoms with Crippen LogP contribution >= 0.6 is 11.3 Å². The van der Waals surface area contributed by atoms with Gasteiger partial charge in [0.2, 0.25) is 0 Å². The number of aryl methyl sites for hydroxylation is 2. The van der Waals surface area contributed by atoms with Gasteiger partial charge < -0.3 is 10.3 Å². The third kappa shape index (κ3) is 2.98. The van der Waals surface area contributed by atoms with Gasteiger partial charge >= 0.3 is 0 Å². The minimum atomic E-state index is -0.0789. The highest BCUT2D eigenvalue weighted by Crippen LogP contribution is 2.19. The summed E-state index contributed by atoms with van der Waals surface area (Å²) in [6, 6.07) is 3.57. The fourth-order valence-electron chi connectivity index (χ4n) is 1.70. The molecule has 0 atom stereocenters. The van der Waals surface area contributed by atoms with Crippen LogP contribution in [-0.2, 0) is 13.0 Å². The average Bonchev–Trinajstić information content (AvgIpc) is 2.97. The molecule has 2 aromatic heterocycles. The Morgan fingerprint density at radius 3 is 3.06 bits per heavy atom. The van der Waals surface area contributed by atoms with E-state index >= 15 is 0 Å². The molecule has 0 aromatic carbocycles. The van der Waals surface area contributed by atoms with Gasteiger partial charge in [-0.05, 0) is 31.9 Å². The van der Waals surface area contributed by atoms with E-state index in [0.717, 1.165) is 28.4 Å². The Balaban J connectivity index is 1.95. The molecule has 0 aliphatic heterocycles. The molecule has 0 radical (unpaired) electrons. The van der Waals surface area contributed by atoms with Gasteiger partial charge in [0, 0.05) is 11.1 Å². The van der Waals surface area contributed by atoms with E-state index in [9.17, 15) is 4.79 Å². The molecule has 0 fully saturated rings. The van der Waals surface area contributed by atoms with Crippen LogP contribution in [0.1, 0.15) is 39.4 Å². The Kier molecular flexibility index (Phi) is 4.15. The summed E-state index contributed by atoms with van der Waals surface area (Å²) >= 11 is 1.69. The average molecular weight is 263 g/mol. The van der Waals surface area contributed by atoms with Crippen LogP contribution in [0.25, 0.3) is 0 Å². The molecule has 18 heavy (non-hydrogen) atoms. The van der Waals surface area contributed by atoms with Gasteiger partial charge in [-0.3, -0.25) is 4.79 Å². The second-order valence-corrected chi connectivity index (χ2v) is 5.30. The lowest BCUT2D eigenvalue weighted by molar-refractivity contribution is 0.0947. The zero-order valence-corrected chi connectivity index (χ0v) is 11.4. The molecule has 4 nitrogen and oxygen atoms in total. The Morgan fingerprint density at radius 1 is 1.56 bits per heavy atom. The van der Waals surface area contributed by atoms with Crippen molar-refractivity contribution >= 4 is 17.2 Å². The van der Waals surface area contributed by atoms with Crippen molar-refractivity contribution in [2.45, 2.75) is 33.2 Å². The van der Waals surface area contributed by atoms with E-state index in [4.69, 9.17) is 0 Å². The molecule has 0 saturated heterocycles. The molecule has 0 unspecified atom stereocenters. The number of hydrogen-bond donors (Lipinski definition) is 2. The van der Waals surface area contributed by atoms with Crippen LogP contribution in [0.15, 0.2) is 18.3 Å². The van der Waals surface area contributed by atoms with E-state index in [1.54, 1.807) is 23.6 Å². The molecule has 2 aromatic rings. The van der Waals surface area contributed by atoms with Crippen LogP contribution in [0.5, 0.6) is 0 Å². The molecule has 5 heteroatoms. The number of amides is 1. The van der Waals surface area contributed by atoms with Crippen molar-refractivity contribution in [3.63, 3.8) is 0 Å². The van der Waals surface area contributed by atoms with Crippen LogP contribution in [-0.4, -0.2) is 15.9 Å². The molecule has 0 aliphatic rings. The number of H-pyrrole nitrogens is 1. The quantitative estimate of drug-likeness (QED) is 0.871. The molecule has 0 spiro atoms. The highest BCUT2D eigenvalue weighted by atomic mass is 32.1. The number of aromatic amines is 1. The summed E-state index contributed by atoms with van der Waals surface area (Å²) in [6.45, 7) is 4.68. The molecule has 2 heterocycles. The molecule has 2 rings (SSSR count). The van der Waals surface area contributed by atoms with Crippen molar-refractivity contribution in [1.82, 2.24) is 15.3 Å². The predicted molar refractivity (Wildman–Crippen MR) is 72.8 cm³/mol. The van der Waals surface area contributed by atoms with Gasteiger partial charge in [0.25, 0.3) is 5.91 Å². The number of carbonyl (C=O) groups excluding carboxylic acids is 1. The van der Waals surface area contributed by atoms with Gasteiger partial charge in [-0.25, -0.2) is 4.98 Å². The summed E-state index contributed by atoms with van der Waals surface area (Å²) in [7, 11) is 0. The van der Waals surface area contributed by atoms with Crippen LogP contribution in [0.3, 0.4) is 0 Å². The number of aromatic nitrogens is 2. The van der Waals surface area contributed by atoms with Crippen LogP contribution in [0.4, 0.5) is 0 Å². The molecule has 96 valence electrons. The molecular formula is C13H17N3OS. The first-order chi connectivity index (χ1) is 8.70. The fraction of sp³-hybridized carbons (Fsp3) is 0.385. The maximum absolute atomic E-state index is 11.8. The first-order valence-corrected chi connectivity index (χ1v) is 6.89. The van der Waals surface area contributed by atoms with E-state index in [2.05, 4.69) is 22.2 Å². The fourth-order valence-corrected chi connectivity index (χ4v) is 2.81. The van der Waals surface area contributed by atoms with Gasteiger partial charge in [0.15, 0.2) is 0 Å². The van der Waals surface area contributed by atoms with E-state index in [1.165, 1.54) is 0 Å². The Hall–Kier alpha value is -1.62. The van der Waals surface area contributed by atoms with Crippen molar-refractivity contribution in [3.05, 3.63) is 39.6 Å². The third-order valence-corrected chi connectivity index (χ3v) is 3.87. The second kappa shape index (κ2) is 5.82. The number of carbonyl (C=O) groups is 1. The first kappa shape index (κ1) is 12.8. The molecule has 0 saturated carbocycles. The van der Waals surface area contributed by atoms with E-state index in [-0.39, 0.29) is 5.91 Å². The zero-order chi connectivity index (χ0) is 13.0. The van der Waals surface area contributed by atoms with Crippen molar-refractivity contribution < 1.29 is 4.79 Å². The highest BCUT2D eigenvalue weighted by Gasteiger charge is 2.10. The first-order valence-electron chi connectivity index (χ1n) is 6.07. The maximum Gasteiger partial charge on any atom is 0.267 e. The Morgan fingerprint density at radius 2 is 2.39 bits per heavy atom. The predicted octanol–water partition coefficient (Wildman–Crippen LogP) is 2.66. The van der Waals surface area contributed by atoms with E-state index < -0.39 is 0 Å². The van der Waals surface area contributed by atoms with Gasteiger partial charge in [0.05, 0.1) is 17.2 Å². The van der Waals surface area contributed by atoms with Crippen LogP contribution in [0.2, 0.25) is 0 Å². The summed E-state index contributed by atoms with van der Waals surface area (Å²) < 4.78 is 0. The lowest BCUT2D eigenvalue weighted by atomic mass is 10.3. The number of thiazole rings is 1. The maximum atomic E-state index is 11.8. The van der Waals surface area contributed by atoms with Crippen molar-refractivity contribution in [1.29, 1.82) is 0 Å². The van der Waals surface area contributed by atoms with Gasteiger partial charge in [-0.15, -0.1) is 11.3 Å². The lowest BCUT2D eigenvalue weighted by Gasteiger charge is -2.01. The van der Waals surface area contributed by atoms with Gasteiger partial charge in [-0.1, -0.05) is 6.92 Å². The number of nitrogens with one attached hydrogen (secondary N) is 2. The normalized spacial score (nSPS) is 10.6. The molecule has 1 amide bonds. The monoisotopic (exact) mass is 263 g/mol. The van der Waals surface area contributed by atoms with Crippen LogP contribution < -0.4 is 5.32 Å². The smallest absolute Gasteiger partial charge is 0.267 e. The van der Waals surface area contributed by atoms with E-state index in [1.807, 2.05) is 13.0 Å². The summed E-state index contributed by atoms with van der Waals surface area (Å²) in [6.07, 6.45) is 3.85. The topological polar surface area (TPSA) is 57.8 Å². The van der Waals surface area contributed by atoms with Crippen LogP contribution in [0, 0.1) is 6.92 Å². The van der Waals surface area contributed by atoms with Crippen molar-refractivity contribution in [3.8, 4) is 0 Å². The summed E-state index contributed by atoms with van der Waals surface area (Å²) in [4.78, 5) is 20.3. The Labute approximate surface area is 110 Å². The van der Waals surface area contributed by atoms with Gasteiger partial charge in [-0.2, -0.15) is 0 Å². The zero-order valence-electron chi connectivity index (χ0n) is 10.6. The minimum Gasteiger partial charge on any atom is -0.357 e. The standard InChI is InChI=1S/C13H17N3OS/c1-3-5-12-16-9(2)11(18-12)8-15-13(17)10-6-4-7-14-10/h4,6-7,14H,3,5,8H2,1-2H3,(H,15,17). The van der Waals surface area contributed by atoms with Crippen molar-refractivity contribution in [2.75, 3.05) is 0 Å². The van der Waals surface area contributed by atoms with E-state index in [0.29, 0.717) is 12.2 Å². The molecule has 2 N–H and O–H groups in total. The number of rotatable bonds is 5. The van der Waals surface area contributed by atoms with Crippen molar-refractivity contribution in [2.24, 2.45) is 0 Å². The molecule has 0 bridgehead atoms. The van der Waals surface area contributed by atoms with Gasteiger partial charge in [0.1, 0.15) is 5.69 Å².